The van der Waals surface area contributed by atoms with Crippen LogP contribution in [-0.4, -0.2) is 20.0 Å². The standard InChI is InChI=1S/C16H14ClFO3/c1-20-15-9-11(8-13(17)16(15)21-2)14(19)7-10-3-5-12(18)6-4-10/h3-6,8-9H,7H2,1-2H3. The van der Waals surface area contributed by atoms with Gasteiger partial charge in [0, 0.05) is 12.0 Å². The summed E-state index contributed by atoms with van der Waals surface area (Å²) in [5.74, 6) is 0.315. The van der Waals surface area contributed by atoms with Crippen LogP contribution in [0.1, 0.15) is 15.9 Å². The van der Waals surface area contributed by atoms with Crippen molar-refractivity contribution in [2.75, 3.05) is 14.2 Å². The summed E-state index contributed by atoms with van der Waals surface area (Å²) in [5.41, 5.74) is 1.15. The molecule has 0 saturated carbocycles. The molecule has 0 aliphatic carbocycles. The van der Waals surface area contributed by atoms with E-state index in [9.17, 15) is 9.18 Å². The summed E-state index contributed by atoms with van der Waals surface area (Å²) in [5, 5.41) is 0.305. The van der Waals surface area contributed by atoms with Gasteiger partial charge in [-0.15, -0.1) is 0 Å². The van der Waals surface area contributed by atoms with Crippen molar-refractivity contribution in [2.45, 2.75) is 6.42 Å². The summed E-state index contributed by atoms with van der Waals surface area (Å²) in [6.45, 7) is 0. The zero-order chi connectivity index (χ0) is 15.4. The van der Waals surface area contributed by atoms with E-state index in [0.717, 1.165) is 5.56 Å². The molecule has 0 amide bonds. The molecule has 0 spiro atoms. The first-order valence-corrected chi connectivity index (χ1v) is 6.62. The van der Waals surface area contributed by atoms with Crippen LogP contribution < -0.4 is 9.47 Å². The van der Waals surface area contributed by atoms with Crippen molar-refractivity contribution < 1.29 is 18.7 Å². The maximum atomic E-state index is 12.8. The number of Topliss-reactive ketones (excluding diaryl/α,β-unsaturated/α-hetero) is 1. The first-order valence-electron chi connectivity index (χ1n) is 6.24. The molecular formula is C16H14ClFO3. The number of carbonyl (C=O) groups excluding carboxylic acids is 1. The van der Waals surface area contributed by atoms with Crippen molar-refractivity contribution in [1.82, 2.24) is 0 Å². The van der Waals surface area contributed by atoms with Crippen LogP contribution in [0.2, 0.25) is 5.02 Å². The van der Waals surface area contributed by atoms with Gasteiger partial charge in [0.25, 0.3) is 0 Å². The molecule has 0 radical (unpaired) electrons. The van der Waals surface area contributed by atoms with Crippen molar-refractivity contribution in [3.63, 3.8) is 0 Å². The van der Waals surface area contributed by atoms with Gasteiger partial charge in [-0.3, -0.25) is 4.79 Å². The second kappa shape index (κ2) is 6.59. The summed E-state index contributed by atoms with van der Waals surface area (Å²) >= 11 is 6.07. The number of methoxy groups -OCH3 is 2. The predicted octanol–water partition coefficient (Wildman–Crippen LogP) is 3.92. The quantitative estimate of drug-likeness (QED) is 0.785. The predicted molar refractivity (Wildman–Crippen MR) is 79.0 cm³/mol. The number of ether oxygens (including phenoxy) is 2. The second-order valence-corrected chi connectivity index (χ2v) is 4.83. The Morgan fingerprint density at radius 2 is 1.81 bits per heavy atom. The molecule has 0 N–H and O–H groups in total. The van der Waals surface area contributed by atoms with Gasteiger partial charge in [-0.1, -0.05) is 23.7 Å². The van der Waals surface area contributed by atoms with E-state index in [1.165, 1.54) is 32.4 Å². The van der Waals surface area contributed by atoms with Crippen LogP contribution in [0.3, 0.4) is 0 Å². The highest BCUT2D eigenvalue weighted by Crippen LogP contribution is 2.36. The molecular weight excluding hydrogens is 295 g/mol. The molecule has 21 heavy (non-hydrogen) atoms. The van der Waals surface area contributed by atoms with E-state index in [-0.39, 0.29) is 18.0 Å². The zero-order valence-corrected chi connectivity index (χ0v) is 12.4. The molecule has 2 aromatic carbocycles. The Bertz CT molecular complexity index is 653. The van der Waals surface area contributed by atoms with E-state index in [0.29, 0.717) is 22.1 Å². The van der Waals surface area contributed by atoms with Crippen molar-refractivity contribution >= 4 is 17.4 Å². The van der Waals surface area contributed by atoms with Crippen molar-refractivity contribution in [2.24, 2.45) is 0 Å². The molecule has 2 aromatic rings. The third kappa shape index (κ3) is 3.52. The summed E-state index contributed by atoms with van der Waals surface area (Å²) in [6.07, 6.45) is 0.159. The van der Waals surface area contributed by atoms with E-state index in [2.05, 4.69) is 0 Å². The normalized spacial score (nSPS) is 10.3. The smallest absolute Gasteiger partial charge is 0.179 e. The van der Waals surface area contributed by atoms with Gasteiger partial charge in [0.1, 0.15) is 5.82 Å². The minimum atomic E-state index is -0.333. The van der Waals surface area contributed by atoms with Gasteiger partial charge in [0.15, 0.2) is 17.3 Å². The van der Waals surface area contributed by atoms with Gasteiger partial charge < -0.3 is 9.47 Å². The molecule has 0 aliphatic rings. The van der Waals surface area contributed by atoms with Gasteiger partial charge in [0.05, 0.1) is 19.2 Å². The average Bonchev–Trinajstić information content (AvgIpc) is 2.48. The second-order valence-electron chi connectivity index (χ2n) is 4.42. The average molecular weight is 309 g/mol. The molecule has 0 fully saturated rings. The van der Waals surface area contributed by atoms with Crippen LogP contribution in [0, 0.1) is 5.82 Å². The van der Waals surface area contributed by atoms with Crippen LogP contribution in [0.25, 0.3) is 0 Å². The highest BCUT2D eigenvalue weighted by atomic mass is 35.5. The number of hydrogen-bond acceptors (Lipinski definition) is 3. The number of carbonyl (C=O) groups is 1. The van der Waals surface area contributed by atoms with E-state index in [1.54, 1.807) is 18.2 Å². The molecule has 0 unspecified atom stereocenters. The molecule has 0 saturated heterocycles. The molecule has 0 aromatic heterocycles. The number of ketones is 1. The Labute approximate surface area is 127 Å². The largest absolute Gasteiger partial charge is 0.493 e. The van der Waals surface area contributed by atoms with E-state index < -0.39 is 0 Å². The van der Waals surface area contributed by atoms with Crippen LogP contribution in [0.5, 0.6) is 11.5 Å². The molecule has 0 aliphatic heterocycles. The van der Waals surface area contributed by atoms with Crippen LogP contribution >= 0.6 is 11.6 Å². The first kappa shape index (κ1) is 15.3. The Hall–Kier alpha value is -2.07. The number of benzene rings is 2. The Morgan fingerprint density at radius 3 is 2.38 bits per heavy atom. The lowest BCUT2D eigenvalue weighted by Gasteiger charge is -2.11. The SMILES string of the molecule is COc1cc(C(=O)Cc2ccc(F)cc2)cc(Cl)c1OC. The third-order valence-corrected chi connectivity index (χ3v) is 3.31. The van der Waals surface area contributed by atoms with Gasteiger partial charge in [-0.25, -0.2) is 4.39 Å². The maximum Gasteiger partial charge on any atom is 0.179 e. The fraction of sp³-hybridized carbons (Fsp3) is 0.188. The van der Waals surface area contributed by atoms with Crippen LogP contribution in [0.15, 0.2) is 36.4 Å². The molecule has 2 rings (SSSR count). The lowest BCUT2D eigenvalue weighted by Crippen LogP contribution is -2.05. The van der Waals surface area contributed by atoms with E-state index in [1.807, 2.05) is 0 Å². The molecule has 0 atom stereocenters. The molecule has 110 valence electrons. The molecule has 5 heteroatoms. The topological polar surface area (TPSA) is 35.5 Å². The number of rotatable bonds is 5. The third-order valence-electron chi connectivity index (χ3n) is 3.03. The fourth-order valence-corrected chi connectivity index (χ4v) is 2.26. The summed E-state index contributed by atoms with van der Waals surface area (Å²) in [4.78, 5) is 12.3. The fourth-order valence-electron chi connectivity index (χ4n) is 1.97. The van der Waals surface area contributed by atoms with Gasteiger partial charge in [-0.2, -0.15) is 0 Å². The van der Waals surface area contributed by atoms with Crippen LogP contribution in [-0.2, 0) is 6.42 Å². The minimum absolute atomic E-state index is 0.135. The number of halogens is 2. The molecule has 3 nitrogen and oxygen atoms in total. The molecule has 0 heterocycles. The van der Waals surface area contributed by atoms with Crippen molar-refractivity contribution in [3.8, 4) is 11.5 Å². The highest BCUT2D eigenvalue weighted by molar-refractivity contribution is 6.32. The van der Waals surface area contributed by atoms with E-state index in [4.69, 9.17) is 21.1 Å². The highest BCUT2D eigenvalue weighted by Gasteiger charge is 2.15. The van der Waals surface area contributed by atoms with Gasteiger partial charge in [-0.05, 0) is 29.8 Å². The summed E-state index contributed by atoms with van der Waals surface area (Å²) in [7, 11) is 2.95. The lowest BCUT2D eigenvalue weighted by molar-refractivity contribution is 0.0992. The monoisotopic (exact) mass is 308 g/mol. The Kier molecular flexibility index (Phi) is 4.81. The van der Waals surface area contributed by atoms with Gasteiger partial charge in [0.2, 0.25) is 0 Å². The lowest BCUT2D eigenvalue weighted by atomic mass is 10.0. The van der Waals surface area contributed by atoms with Crippen molar-refractivity contribution in [3.05, 3.63) is 58.4 Å². The van der Waals surface area contributed by atoms with Crippen molar-refractivity contribution in [1.29, 1.82) is 0 Å². The molecule has 0 bridgehead atoms. The number of hydrogen-bond donors (Lipinski definition) is 0. The first-order chi connectivity index (χ1) is 10.0. The summed E-state index contributed by atoms with van der Waals surface area (Å²) < 4.78 is 23.1. The zero-order valence-electron chi connectivity index (χ0n) is 11.7. The maximum absolute atomic E-state index is 12.8. The Balaban J connectivity index is 2.27. The van der Waals surface area contributed by atoms with Gasteiger partial charge >= 0.3 is 0 Å². The van der Waals surface area contributed by atoms with E-state index >= 15 is 0 Å². The Morgan fingerprint density at radius 1 is 1.14 bits per heavy atom. The summed E-state index contributed by atoms with van der Waals surface area (Å²) in [6, 6.07) is 8.92. The van der Waals surface area contributed by atoms with Crippen LogP contribution in [0.4, 0.5) is 4.39 Å². The minimum Gasteiger partial charge on any atom is -0.493 e.